The van der Waals surface area contributed by atoms with Gasteiger partial charge in [-0.1, -0.05) is 0 Å². The first kappa shape index (κ1) is 17.3. The van der Waals surface area contributed by atoms with Crippen LogP contribution in [0.3, 0.4) is 0 Å². The molecule has 2 saturated heterocycles. The van der Waals surface area contributed by atoms with Crippen LogP contribution in [0.15, 0.2) is 6.33 Å². The highest BCUT2D eigenvalue weighted by atomic mass is 16.5. The second-order valence-corrected chi connectivity index (χ2v) is 6.63. The second kappa shape index (κ2) is 7.58. The Bertz CT molecular complexity index is 554. The Labute approximate surface area is 142 Å². The van der Waals surface area contributed by atoms with Gasteiger partial charge >= 0.3 is 0 Å². The predicted octanol–water partition coefficient (Wildman–Crippen LogP) is 0.307. The van der Waals surface area contributed by atoms with Crippen molar-refractivity contribution >= 4 is 5.91 Å². The minimum atomic E-state index is -0.128. The lowest BCUT2D eigenvalue weighted by atomic mass is 10.2. The van der Waals surface area contributed by atoms with Crippen molar-refractivity contribution in [2.75, 3.05) is 39.3 Å². The molecule has 1 aromatic rings. The summed E-state index contributed by atoms with van der Waals surface area (Å²) in [6.07, 6.45) is 1.78. The summed E-state index contributed by atoms with van der Waals surface area (Å²) < 4.78 is 13.5. The number of amides is 1. The van der Waals surface area contributed by atoms with E-state index in [0.29, 0.717) is 32.8 Å². The van der Waals surface area contributed by atoms with Crippen molar-refractivity contribution in [1.29, 1.82) is 0 Å². The third-order valence-electron chi connectivity index (χ3n) is 4.56. The van der Waals surface area contributed by atoms with Crippen molar-refractivity contribution in [3.63, 3.8) is 0 Å². The summed E-state index contributed by atoms with van der Waals surface area (Å²) in [5.41, 5.74) is 0. The third-order valence-corrected chi connectivity index (χ3v) is 4.56. The molecule has 2 fully saturated rings. The maximum absolute atomic E-state index is 12.6. The highest BCUT2D eigenvalue weighted by Crippen LogP contribution is 2.20. The molecule has 3 heterocycles. The molecule has 0 spiro atoms. The van der Waals surface area contributed by atoms with Gasteiger partial charge in [-0.15, -0.1) is 10.2 Å². The molecule has 1 aromatic heterocycles. The fourth-order valence-electron chi connectivity index (χ4n) is 3.43. The first-order valence-electron chi connectivity index (χ1n) is 8.71. The van der Waals surface area contributed by atoms with Gasteiger partial charge in [0.1, 0.15) is 12.4 Å². The molecule has 0 radical (unpaired) electrons. The average molecular weight is 337 g/mol. The highest BCUT2D eigenvalue weighted by Gasteiger charge is 2.30. The number of carbonyl (C=O) groups is 1. The van der Waals surface area contributed by atoms with E-state index in [-0.39, 0.29) is 24.2 Å². The van der Waals surface area contributed by atoms with Crippen molar-refractivity contribution in [1.82, 2.24) is 24.6 Å². The highest BCUT2D eigenvalue weighted by molar-refractivity contribution is 5.78. The molecule has 3 rings (SSSR count). The first-order chi connectivity index (χ1) is 11.6. The number of nitrogens with zero attached hydrogens (tertiary/aromatic N) is 5. The van der Waals surface area contributed by atoms with Crippen LogP contribution in [0, 0.1) is 0 Å². The Balaban J connectivity index is 1.58. The van der Waals surface area contributed by atoms with Crippen molar-refractivity contribution in [2.24, 2.45) is 0 Å². The van der Waals surface area contributed by atoms with Crippen LogP contribution in [0.25, 0.3) is 0 Å². The number of hydrogen-bond acceptors (Lipinski definition) is 6. The average Bonchev–Trinajstić information content (AvgIpc) is 3.03. The number of carbonyl (C=O) groups excluding carboxylic acids is 1. The summed E-state index contributed by atoms with van der Waals surface area (Å²) in [4.78, 5) is 16.7. The molecule has 0 bridgehead atoms. The smallest absolute Gasteiger partial charge is 0.236 e. The fraction of sp³-hybridized carbons (Fsp3) is 0.812. The van der Waals surface area contributed by atoms with Gasteiger partial charge in [-0.2, -0.15) is 0 Å². The summed E-state index contributed by atoms with van der Waals surface area (Å²) in [7, 11) is 0. The molecule has 3 unspecified atom stereocenters. The fourth-order valence-corrected chi connectivity index (χ4v) is 3.43. The van der Waals surface area contributed by atoms with Crippen LogP contribution in [0.5, 0.6) is 0 Å². The molecule has 134 valence electrons. The largest absolute Gasteiger partial charge is 0.372 e. The Hall–Kier alpha value is -1.51. The molecule has 24 heavy (non-hydrogen) atoms. The lowest BCUT2D eigenvalue weighted by Gasteiger charge is -2.37. The van der Waals surface area contributed by atoms with E-state index >= 15 is 0 Å². The van der Waals surface area contributed by atoms with Crippen molar-refractivity contribution in [3.05, 3.63) is 12.2 Å². The van der Waals surface area contributed by atoms with E-state index in [1.807, 2.05) is 23.3 Å². The number of hydrogen-bond donors (Lipinski definition) is 0. The summed E-state index contributed by atoms with van der Waals surface area (Å²) in [5, 5.41) is 8.15. The van der Waals surface area contributed by atoms with E-state index in [4.69, 9.17) is 9.47 Å². The predicted molar refractivity (Wildman–Crippen MR) is 87.4 cm³/mol. The Morgan fingerprint density at radius 3 is 2.75 bits per heavy atom. The number of aromatic nitrogens is 3. The number of aryl methyl sites for hydroxylation is 1. The molecule has 0 N–H and O–H groups in total. The summed E-state index contributed by atoms with van der Waals surface area (Å²) in [6.45, 7) is 10.7. The van der Waals surface area contributed by atoms with Gasteiger partial charge in [-0.25, -0.2) is 0 Å². The van der Waals surface area contributed by atoms with Crippen molar-refractivity contribution in [3.8, 4) is 0 Å². The van der Waals surface area contributed by atoms with E-state index in [1.54, 1.807) is 6.33 Å². The molecular weight excluding hydrogens is 310 g/mol. The van der Waals surface area contributed by atoms with Gasteiger partial charge in [0.15, 0.2) is 5.82 Å². The van der Waals surface area contributed by atoms with Crippen molar-refractivity contribution in [2.45, 2.75) is 45.6 Å². The van der Waals surface area contributed by atoms with Crippen molar-refractivity contribution < 1.29 is 14.3 Å². The zero-order valence-corrected chi connectivity index (χ0v) is 14.7. The Kier molecular flexibility index (Phi) is 5.47. The van der Waals surface area contributed by atoms with E-state index in [0.717, 1.165) is 18.9 Å². The van der Waals surface area contributed by atoms with Crippen LogP contribution in [0.2, 0.25) is 0 Å². The van der Waals surface area contributed by atoms with Crippen LogP contribution in [0.4, 0.5) is 0 Å². The number of morpholine rings is 2. The first-order valence-corrected chi connectivity index (χ1v) is 8.71. The molecular formula is C16H27N5O3. The molecule has 1 amide bonds. The quantitative estimate of drug-likeness (QED) is 0.787. The van der Waals surface area contributed by atoms with Gasteiger partial charge in [0.05, 0.1) is 25.4 Å². The standard InChI is InChI=1S/C16H27N5O3/c1-4-20-11-17-18-16(20)14-9-19(5-6-23-14)10-15(22)21-7-12(2)24-13(3)8-21/h11-14H,4-10H2,1-3H3. The van der Waals surface area contributed by atoms with Gasteiger partial charge < -0.3 is 18.9 Å². The van der Waals surface area contributed by atoms with Gasteiger partial charge in [0, 0.05) is 32.7 Å². The molecule has 0 aliphatic carbocycles. The lowest BCUT2D eigenvalue weighted by Crippen LogP contribution is -2.52. The van der Waals surface area contributed by atoms with Crippen LogP contribution >= 0.6 is 0 Å². The van der Waals surface area contributed by atoms with Gasteiger partial charge in [0.2, 0.25) is 5.91 Å². The molecule has 0 aromatic carbocycles. The van der Waals surface area contributed by atoms with Crippen LogP contribution in [-0.4, -0.2) is 82.0 Å². The maximum atomic E-state index is 12.6. The van der Waals surface area contributed by atoms with E-state index in [1.165, 1.54) is 0 Å². The summed E-state index contributed by atoms with van der Waals surface area (Å²) >= 11 is 0. The molecule has 2 aliphatic heterocycles. The molecule has 8 nitrogen and oxygen atoms in total. The monoisotopic (exact) mass is 337 g/mol. The third kappa shape index (κ3) is 3.93. The minimum Gasteiger partial charge on any atom is -0.372 e. The zero-order valence-electron chi connectivity index (χ0n) is 14.7. The van der Waals surface area contributed by atoms with Crippen LogP contribution < -0.4 is 0 Å². The van der Waals surface area contributed by atoms with E-state index in [2.05, 4.69) is 22.0 Å². The molecule has 2 aliphatic rings. The Morgan fingerprint density at radius 2 is 2.04 bits per heavy atom. The number of rotatable bonds is 4. The number of ether oxygens (including phenoxy) is 2. The summed E-state index contributed by atoms with van der Waals surface area (Å²) in [6, 6.07) is 0. The minimum absolute atomic E-state index is 0.0956. The SMILES string of the molecule is CCn1cnnc1C1CN(CC(=O)N2CC(C)OC(C)C2)CCO1. The second-order valence-electron chi connectivity index (χ2n) is 6.63. The van der Waals surface area contributed by atoms with Crippen LogP contribution in [0.1, 0.15) is 32.7 Å². The topological polar surface area (TPSA) is 72.7 Å². The molecule has 0 saturated carbocycles. The molecule has 8 heteroatoms. The van der Waals surface area contributed by atoms with Gasteiger partial charge in [-0.05, 0) is 20.8 Å². The maximum Gasteiger partial charge on any atom is 0.236 e. The Morgan fingerprint density at radius 1 is 1.29 bits per heavy atom. The zero-order chi connectivity index (χ0) is 17.1. The van der Waals surface area contributed by atoms with Gasteiger partial charge in [-0.3, -0.25) is 9.69 Å². The van der Waals surface area contributed by atoms with Crippen LogP contribution in [-0.2, 0) is 20.8 Å². The lowest BCUT2D eigenvalue weighted by molar-refractivity contribution is -0.146. The van der Waals surface area contributed by atoms with E-state index < -0.39 is 0 Å². The van der Waals surface area contributed by atoms with E-state index in [9.17, 15) is 4.79 Å². The summed E-state index contributed by atoms with van der Waals surface area (Å²) in [5.74, 6) is 0.998. The van der Waals surface area contributed by atoms with Gasteiger partial charge in [0.25, 0.3) is 0 Å². The molecule has 3 atom stereocenters. The normalized spacial score (nSPS) is 29.0.